The minimum atomic E-state index is -2.58. The molecule has 0 aliphatic rings. The fourth-order valence-corrected chi connectivity index (χ4v) is 3.47. The number of hydrogen-bond donors (Lipinski definition) is 3. The summed E-state index contributed by atoms with van der Waals surface area (Å²) in [7, 11) is 0. The maximum absolute atomic E-state index is 15.1. The molecule has 7 nitrogen and oxygen atoms in total. The average molecular weight is 443 g/mol. The molecule has 4 N–H and O–H groups in total. The zero-order valence-corrected chi connectivity index (χ0v) is 17.0. The third-order valence-electron chi connectivity index (χ3n) is 4.67. The number of nitrogens with one attached hydrogen (secondary N) is 1. The van der Waals surface area contributed by atoms with Crippen LogP contribution in [0.1, 0.15) is 27.3 Å². The topological polar surface area (TPSA) is 106 Å². The van der Waals surface area contributed by atoms with Crippen molar-refractivity contribution in [3.63, 3.8) is 0 Å². The number of benzene rings is 2. The zero-order valence-electron chi connectivity index (χ0n) is 19.2. The van der Waals surface area contributed by atoms with E-state index in [0.717, 1.165) is 6.07 Å². The Bertz CT molecular complexity index is 1420. The lowest BCUT2D eigenvalue weighted by atomic mass is 10.1. The summed E-state index contributed by atoms with van der Waals surface area (Å²) in [5.74, 6) is -1.85. The van der Waals surface area contributed by atoms with Crippen molar-refractivity contribution in [2.45, 2.75) is 19.9 Å². The Morgan fingerprint density at radius 2 is 2.13 bits per heavy atom. The number of aliphatic hydroxyl groups excluding tert-OH is 1. The van der Waals surface area contributed by atoms with E-state index >= 15 is 4.39 Å². The minimum Gasteiger partial charge on any atom is -0.382 e. The number of nitrogens with zero attached hydrogens (tertiary/aromatic N) is 3. The van der Waals surface area contributed by atoms with Gasteiger partial charge in [0, 0.05) is 26.6 Å². The molecule has 4 aromatic rings. The number of aliphatic hydroxyl groups is 1. The largest absolute Gasteiger partial charge is 0.382 e. The highest BCUT2D eigenvalue weighted by Crippen LogP contribution is 2.31. The molecule has 2 aromatic carbocycles. The molecule has 2 heterocycles. The predicted octanol–water partition coefficient (Wildman–Crippen LogP) is 4.06. The van der Waals surface area contributed by atoms with E-state index in [1.165, 1.54) is 34.9 Å². The van der Waals surface area contributed by atoms with Crippen molar-refractivity contribution in [1.82, 2.24) is 14.4 Å². The lowest BCUT2D eigenvalue weighted by Gasteiger charge is -2.13. The van der Waals surface area contributed by atoms with Gasteiger partial charge in [-0.2, -0.15) is 0 Å². The number of imidazole rings is 1. The Labute approximate surface area is 186 Å². The molecular weight excluding hydrogens is 421 g/mol. The summed E-state index contributed by atoms with van der Waals surface area (Å²) in [6.45, 7) is -0.934. The van der Waals surface area contributed by atoms with Gasteiger partial charge in [0.05, 0.1) is 5.69 Å². The Morgan fingerprint density at radius 3 is 2.84 bits per heavy atom. The third kappa shape index (κ3) is 3.95. The number of nitrogens with two attached hydrogens (primary N) is 1. The molecule has 0 aliphatic heterocycles. The van der Waals surface area contributed by atoms with Crippen LogP contribution >= 0.6 is 11.6 Å². The Morgan fingerprint density at radius 1 is 1.32 bits per heavy atom. The van der Waals surface area contributed by atoms with Crippen LogP contribution in [0.25, 0.3) is 16.8 Å². The number of aromatic nitrogens is 3. The van der Waals surface area contributed by atoms with Crippen LogP contribution in [0, 0.1) is 19.6 Å². The summed E-state index contributed by atoms with van der Waals surface area (Å²) in [6, 6.07) is 9.95. The van der Waals surface area contributed by atoms with Gasteiger partial charge < -0.3 is 16.2 Å². The van der Waals surface area contributed by atoms with Crippen molar-refractivity contribution in [2.24, 2.45) is 0 Å². The molecule has 0 unspecified atom stereocenters. The maximum Gasteiger partial charge on any atom is 0.257 e. The van der Waals surface area contributed by atoms with E-state index in [-0.39, 0.29) is 39.7 Å². The van der Waals surface area contributed by atoms with Gasteiger partial charge in [-0.15, -0.1) is 0 Å². The highest BCUT2D eigenvalue weighted by atomic mass is 35.5. The molecule has 2 aromatic heterocycles. The minimum absolute atomic E-state index is 0.000534. The molecule has 9 heteroatoms. The van der Waals surface area contributed by atoms with Gasteiger partial charge in [-0.1, -0.05) is 23.7 Å². The highest BCUT2D eigenvalue weighted by molar-refractivity contribution is 6.30. The van der Waals surface area contributed by atoms with Crippen LogP contribution in [-0.4, -0.2) is 25.4 Å². The van der Waals surface area contributed by atoms with E-state index in [1.54, 1.807) is 19.1 Å². The van der Waals surface area contributed by atoms with Crippen molar-refractivity contribution in [3.8, 4) is 11.3 Å². The van der Waals surface area contributed by atoms with E-state index in [0.29, 0.717) is 10.7 Å². The van der Waals surface area contributed by atoms with Gasteiger partial charge in [-0.25, -0.2) is 14.4 Å². The van der Waals surface area contributed by atoms with Gasteiger partial charge in [0.2, 0.25) is 0 Å². The Hall–Kier alpha value is -3.49. The molecule has 158 valence electrons. The molecule has 0 spiro atoms. The average Bonchev–Trinajstić information content (AvgIpc) is 3.13. The first-order valence-electron chi connectivity index (χ1n) is 10.7. The molecule has 1 atom stereocenters. The van der Waals surface area contributed by atoms with Crippen LogP contribution in [0.4, 0.5) is 15.9 Å². The van der Waals surface area contributed by atoms with Crippen LogP contribution in [0.5, 0.6) is 0 Å². The number of anilines is 2. The first-order valence-corrected chi connectivity index (χ1v) is 9.53. The maximum atomic E-state index is 15.1. The van der Waals surface area contributed by atoms with Gasteiger partial charge >= 0.3 is 0 Å². The van der Waals surface area contributed by atoms with Crippen LogP contribution in [-0.2, 0) is 4.79 Å². The molecule has 0 saturated carbocycles. The second-order valence-corrected chi connectivity index (χ2v) is 7.35. The van der Waals surface area contributed by atoms with Gasteiger partial charge in [0.25, 0.3) is 5.91 Å². The first-order chi connectivity index (χ1) is 16.0. The normalized spacial score (nSPS) is 14.0. The number of halogens is 2. The molecule has 0 bridgehead atoms. The van der Waals surface area contributed by atoms with Crippen LogP contribution in [0.2, 0.25) is 5.02 Å². The predicted molar refractivity (Wildman–Crippen MR) is 117 cm³/mol. The lowest BCUT2D eigenvalue weighted by Crippen LogP contribution is -2.20. The number of carbonyl (C=O) groups is 1. The Balaban J connectivity index is 1.70. The van der Waals surface area contributed by atoms with Crippen LogP contribution in [0.15, 0.2) is 48.7 Å². The van der Waals surface area contributed by atoms with Gasteiger partial charge in [-0.3, -0.25) is 9.20 Å². The molecule has 0 fully saturated rings. The Kier molecular flexibility index (Phi) is 4.43. The van der Waals surface area contributed by atoms with E-state index in [2.05, 4.69) is 15.3 Å². The fraction of sp³-hybridized carbons (Fsp3) is 0.136. The summed E-state index contributed by atoms with van der Waals surface area (Å²) in [5, 5.41) is 13.1. The number of carbonyl (C=O) groups excluding carboxylic acids is 1. The summed E-state index contributed by atoms with van der Waals surface area (Å²) in [5.41, 5.74) is 6.98. The van der Waals surface area contributed by atoms with Crippen LogP contribution < -0.4 is 11.1 Å². The number of nitrogen functional groups attached to an aromatic ring is 1. The van der Waals surface area contributed by atoms with Gasteiger partial charge in [-0.05, 0) is 49.7 Å². The van der Waals surface area contributed by atoms with Crippen molar-refractivity contribution in [3.05, 3.63) is 76.6 Å². The monoisotopic (exact) mass is 442 g/mol. The second kappa shape index (κ2) is 7.98. The van der Waals surface area contributed by atoms with Crippen molar-refractivity contribution < 1.29 is 18.4 Å². The molecule has 0 saturated heterocycles. The zero-order chi connectivity index (χ0) is 24.8. The lowest BCUT2D eigenvalue weighted by molar-refractivity contribution is -0.124. The number of amides is 1. The van der Waals surface area contributed by atoms with E-state index < -0.39 is 24.7 Å². The molecule has 0 aliphatic carbocycles. The number of hydrogen-bond acceptors (Lipinski definition) is 5. The molecule has 1 amide bonds. The van der Waals surface area contributed by atoms with Gasteiger partial charge in [0.1, 0.15) is 28.7 Å². The SMILES string of the molecule is [2H]C([2H])([2H])c1nc(-c2ccc(NC(=O)[C@@H](O)c3cccc(Cl)c3)cc2F)c2c(N)nc(C)cn12. The van der Waals surface area contributed by atoms with E-state index in [4.69, 9.17) is 21.4 Å². The number of rotatable bonds is 4. The van der Waals surface area contributed by atoms with Gasteiger partial charge in [0.15, 0.2) is 6.10 Å². The molecule has 0 radical (unpaired) electrons. The summed E-state index contributed by atoms with van der Waals surface area (Å²) < 4.78 is 39.7. The summed E-state index contributed by atoms with van der Waals surface area (Å²) in [6.07, 6.45) is -0.0531. The summed E-state index contributed by atoms with van der Waals surface area (Å²) in [4.78, 5) is 20.7. The smallest absolute Gasteiger partial charge is 0.257 e. The molecule has 4 rings (SSSR count). The molecule has 31 heavy (non-hydrogen) atoms. The number of fused-ring (bicyclic) bond motifs is 1. The summed E-state index contributed by atoms with van der Waals surface area (Å²) >= 11 is 5.89. The third-order valence-corrected chi connectivity index (χ3v) is 4.91. The van der Waals surface area contributed by atoms with E-state index in [9.17, 15) is 9.90 Å². The first kappa shape index (κ1) is 17.2. The van der Waals surface area contributed by atoms with E-state index in [1.807, 2.05) is 0 Å². The molecular formula is C22H19ClFN5O2. The standard InChI is InChI=1S/C22H19ClFN5O2/c1-11-10-29-12(2)27-18(19(29)21(25)26-11)16-7-6-15(9-17(16)24)28-22(31)20(30)13-4-3-5-14(23)8-13/h3-10,20,30H,1-2H3,(H2,25,26)(H,28,31)/t20-/m0/s1/i2D3. The van der Waals surface area contributed by atoms with Crippen molar-refractivity contribution in [1.29, 1.82) is 0 Å². The number of aryl methyl sites for hydroxylation is 2. The second-order valence-electron chi connectivity index (χ2n) is 6.91. The van der Waals surface area contributed by atoms with Crippen molar-refractivity contribution >= 4 is 34.5 Å². The quantitative estimate of drug-likeness (QED) is 0.442. The van der Waals surface area contributed by atoms with Crippen LogP contribution in [0.3, 0.4) is 0 Å². The fourth-order valence-electron chi connectivity index (χ4n) is 3.27. The highest BCUT2D eigenvalue weighted by Gasteiger charge is 2.20. The van der Waals surface area contributed by atoms with Crippen molar-refractivity contribution in [2.75, 3.05) is 11.1 Å².